The first-order valence-corrected chi connectivity index (χ1v) is 9.99. The molecule has 1 N–H and O–H groups in total. The van der Waals surface area contributed by atoms with Crippen molar-refractivity contribution >= 4 is 11.1 Å². The summed E-state index contributed by atoms with van der Waals surface area (Å²) >= 11 is 0. The Kier molecular flexibility index (Phi) is 5.61. The van der Waals surface area contributed by atoms with Gasteiger partial charge in [-0.05, 0) is 36.2 Å². The van der Waals surface area contributed by atoms with E-state index in [1.807, 2.05) is 61.5 Å². The van der Waals surface area contributed by atoms with Gasteiger partial charge in [0.05, 0.1) is 28.4 Å². The largest absolute Gasteiger partial charge is 0.497 e. The van der Waals surface area contributed by atoms with Crippen LogP contribution in [0, 0.1) is 6.92 Å². The quantitative estimate of drug-likeness (QED) is 0.608. The number of rotatable bonds is 6. The van der Waals surface area contributed by atoms with Crippen LogP contribution in [-0.4, -0.2) is 33.5 Å². The highest BCUT2D eigenvalue weighted by atomic mass is 16.5. The molecule has 0 aromatic heterocycles. The highest BCUT2D eigenvalue weighted by Crippen LogP contribution is 2.53. The maximum absolute atomic E-state index is 11.5. The molecule has 3 aromatic rings. The third-order valence-corrected chi connectivity index (χ3v) is 5.65. The molecule has 4 rings (SSSR count). The number of benzene rings is 3. The van der Waals surface area contributed by atoms with E-state index in [1.54, 1.807) is 28.4 Å². The number of fused-ring (bicyclic) bond motifs is 1. The molecule has 0 radical (unpaired) electrons. The van der Waals surface area contributed by atoms with Gasteiger partial charge in [0, 0.05) is 34.4 Å². The van der Waals surface area contributed by atoms with Gasteiger partial charge in [0.15, 0.2) is 0 Å². The predicted octanol–water partition coefficient (Wildman–Crippen LogP) is 5.04. The first-order chi connectivity index (χ1) is 15.0. The molecule has 5 nitrogen and oxygen atoms in total. The van der Waals surface area contributed by atoms with Crippen molar-refractivity contribution in [1.82, 2.24) is 0 Å². The minimum atomic E-state index is -0.839. The molecule has 5 heteroatoms. The van der Waals surface area contributed by atoms with Gasteiger partial charge in [0.1, 0.15) is 29.1 Å². The molecule has 31 heavy (non-hydrogen) atoms. The van der Waals surface area contributed by atoms with Crippen molar-refractivity contribution in [3.05, 3.63) is 82.4 Å². The first kappa shape index (κ1) is 20.8. The summed E-state index contributed by atoms with van der Waals surface area (Å²) in [5.41, 5.74) is 6.21. The molecule has 0 fully saturated rings. The van der Waals surface area contributed by atoms with E-state index in [1.165, 1.54) is 0 Å². The molecule has 1 unspecified atom stereocenters. The standard InChI is InChI=1S/C26H26O5/c1-15-6-8-16(9-7-15)24-23(17-10-18(28-2)12-19(11-17)29-3)25-21(26(24)27)13-20(30-4)14-22(25)31-5/h6-14,26-27H,1-5H3. The number of aryl methyl sites for hydroxylation is 1. The van der Waals surface area contributed by atoms with Gasteiger partial charge in [-0.15, -0.1) is 0 Å². The summed E-state index contributed by atoms with van der Waals surface area (Å²) in [4.78, 5) is 0. The zero-order chi connectivity index (χ0) is 22.1. The van der Waals surface area contributed by atoms with Crippen molar-refractivity contribution in [3.8, 4) is 23.0 Å². The Morgan fingerprint density at radius 3 is 1.81 bits per heavy atom. The molecule has 160 valence electrons. The average Bonchev–Trinajstić information content (AvgIpc) is 3.10. The second-order valence-corrected chi connectivity index (χ2v) is 7.45. The fraction of sp³-hybridized carbons (Fsp3) is 0.231. The van der Waals surface area contributed by atoms with Crippen molar-refractivity contribution in [3.63, 3.8) is 0 Å². The van der Waals surface area contributed by atoms with Crippen LogP contribution in [0.5, 0.6) is 23.0 Å². The molecule has 0 spiro atoms. The van der Waals surface area contributed by atoms with Crippen molar-refractivity contribution in [2.45, 2.75) is 13.0 Å². The van der Waals surface area contributed by atoms with Gasteiger partial charge in [0.25, 0.3) is 0 Å². The third kappa shape index (κ3) is 3.62. The summed E-state index contributed by atoms with van der Waals surface area (Å²) < 4.78 is 22.2. The molecular weight excluding hydrogens is 392 g/mol. The van der Waals surface area contributed by atoms with Gasteiger partial charge < -0.3 is 24.1 Å². The number of aliphatic hydroxyl groups is 1. The van der Waals surface area contributed by atoms with Crippen LogP contribution in [-0.2, 0) is 0 Å². The minimum Gasteiger partial charge on any atom is -0.497 e. The highest BCUT2D eigenvalue weighted by molar-refractivity contribution is 6.07. The predicted molar refractivity (Wildman–Crippen MR) is 121 cm³/mol. The Labute approximate surface area is 182 Å². The van der Waals surface area contributed by atoms with Gasteiger partial charge in [-0.2, -0.15) is 0 Å². The Balaban J connectivity index is 2.07. The summed E-state index contributed by atoms with van der Waals surface area (Å²) in [6.45, 7) is 2.04. The Hall–Kier alpha value is -3.44. The average molecular weight is 418 g/mol. The van der Waals surface area contributed by atoms with Crippen LogP contribution in [0.4, 0.5) is 0 Å². The van der Waals surface area contributed by atoms with E-state index in [4.69, 9.17) is 18.9 Å². The number of methoxy groups -OCH3 is 4. The van der Waals surface area contributed by atoms with Gasteiger partial charge >= 0.3 is 0 Å². The second kappa shape index (κ2) is 8.36. The normalized spacial score (nSPS) is 15.0. The summed E-state index contributed by atoms with van der Waals surface area (Å²) in [5.74, 6) is 2.59. The van der Waals surface area contributed by atoms with E-state index in [-0.39, 0.29) is 0 Å². The molecule has 3 aromatic carbocycles. The van der Waals surface area contributed by atoms with E-state index >= 15 is 0 Å². The SMILES string of the molecule is COc1cc(OC)cc(C2=C(c3ccc(C)cc3)C(O)c3cc(OC)cc(OC)c32)c1. The van der Waals surface area contributed by atoms with Crippen LogP contribution in [0.25, 0.3) is 11.1 Å². The lowest BCUT2D eigenvalue weighted by atomic mass is 9.93. The highest BCUT2D eigenvalue weighted by Gasteiger charge is 2.35. The van der Waals surface area contributed by atoms with E-state index in [9.17, 15) is 5.11 Å². The Morgan fingerprint density at radius 2 is 1.26 bits per heavy atom. The first-order valence-electron chi connectivity index (χ1n) is 9.99. The Morgan fingerprint density at radius 1 is 0.677 bits per heavy atom. The third-order valence-electron chi connectivity index (χ3n) is 5.65. The number of ether oxygens (including phenoxy) is 4. The molecular formula is C26H26O5. The molecule has 0 saturated carbocycles. The fourth-order valence-electron chi connectivity index (χ4n) is 4.09. The van der Waals surface area contributed by atoms with Crippen LogP contribution >= 0.6 is 0 Å². The zero-order valence-electron chi connectivity index (χ0n) is 18.4. The maximum Gasteiger partial charge on any atom is 0.130 e. The van der Waals surface area contributed by atoms with E-state index in [2.05, 4.69) is 0 Å². The van der Waals surface area contributed by atoms with E-state index in [0.717, 1.165) is 39.0 Å². The molecule has 0 bridgehead atoms. The lowest BCUT2D eigenvalue weighted by Gasteiger charge is -2.16. The fourth-order valence-corrected chi connectivity index (χ4v) is 4.09. The second-order valence-electron chi connectivity index (χ2n) is 7.45. The van der Waals surface area contributed by atoms with Crippen LogP contribution in [0.3, 0.4) is 0 Å². The summed E-state index contributed by atoms with van der Waals surface area (Å²) in [7, 11) is 6.47. The maximum atomic E-state index is 11.5. The van der Waals surface area contributed by atoms with Gasteiger partial charge in [-0.1, -0.05) is 29.8 Å². The molecule has 1 atom stereocenters. The number of aliphatic hydroxyl groups excluding tert-OH is 1. The molecule has 1 aliphatic rings. The molecule has 1 aliphatic carbocycles. The number of hydrogen-bond acceptors (Lipinski definition) is 5. The van der Waals surface area contributed by atoms with Crippen LogP contribution < -0.4 is 18.9 Å². The lowest BCUT2D eigenvalue weighted by Crippen LogP contribution is -1.99. The zero-order valence-corrected chi connectivity index (χ0v) is 18.4. The van der Waals surface area contributed by atoms with Crippen molar-refractivity contribution in [2.24, 2.45) is 0 Å². The van der Waals surface area contributed by atoms with Crippen molar-refractivity contribution < 1.29 is 24.1 Å². The van der Waals surface area contributed by atoms with Crippen molar-refractivity contribution in [2.75, 3.05) is 28.4 Å². The van der Waals surface area contributed by atoms with Crippen LogP contribution in [0.1, 0.15) is 33.9 Å². The van der Waals surface area contributed by atoms with Crippen molar-refractivity contribution in [1.29, 1.82) is 0 Å². The molecule has 0 heterocycles. The van der Waals surface area contributed by atoms with Gasteiger partial charge in [-0.3, -0.25) is 0 Å². The van der Waals surface area contributed by atoms with E-state index < -0.39 is 6.10 Å². The van der Waals surface area contributed by atoms with Crippen LogP contribution in [0.15, 0.2) is 54.6 Å². The summed E-state index contributed by atoms with van der Waals surface area (Å²) in [6, 6.07) is 17.5. The molecule has 0 saturated heterocycles. The Bertz CT molecular complexity index is 1120. The van der Waals surface area contributed by atoms with Crippen LogP contribution in [0.2, 0.25) is 0 Å². The molecule has 0 amide bonds. The van der Waals surface area contributed by atoms with E-state index in [0.29, 0.717) is 23.0 Å². The van der Waals surface area contributed by atoms with Gasteiger partial charge in [0.2, 0.25) is 0 Å². The summed E-state index contributed by atoms with van der Waals surface area (Å²) in [5, 5.41) is 11.5. The smallest absolute Gasteiger partial charge is 0.130 e. The van der Waals surface area contributed by atoms with Gasteiger partial charge in [-0.25, -0.2) is 0 Å². The number of hydrogen-bond donors (Lipinski definition) is 1. The lowest BCUT2D eigenvalue weighted by molar-refractivity contribution is 0.240. The minimum absolute atomic E-state index is 0.627. The topological polar surface area (TPSA) is 57.2 Å². The monoisotopic (exact) mass is 418 g/mol. The molecule has 0 aliphatic heterocycles. The summed E-state index contributed by atoms with van der Waals surface area (Å²) in [6.07, 6.45) is -0.839.